The van der Waals surface area contributed by atoms with E-state index in [1.54, 1.807) is 13.2 Å². The third-order valence-corrected chi connectivity index (χ3v) is 5.15. The lowest BCUT2D eigenvalue weighted by atomic mass is 10.0. The van der Waals surface area contributed by atoms with Crippen molar-refractivity contribution in [1.29, 1.82) is 0 Å². The van der Waals surface area contributed by atoms with Gasteiger partial charge in [0.15, 0.2) is 17.5 Å². The molecule has 0 amide bonds. The highest BCUT2D eigenvalue weighted by atomic mass is 16.5. The van der Waals surface area contributed by atoms with Crippen LogP contribution in [0, 0.1) is 0 Å². The molecule has 3 rings (SSSR count). The fourth-order valence-corrected chi connectivity index (χ4v) is 3.70. The Morgan fingerprint density at radius 3 is 2.79 bits per heavy atom. The van der Waals surface area contributed by atoms with Gasteiger partial charge in [-0.05, 0) is 37.9 Å². The van der Waals surface area contributed by atoms with Gasteiger partial charge in [0.1, 0.15) is 0 Å². The first kappa shape index (κ1) is 21.0. The number of hydrogen-bond acceptors (Lipinski definition) is 4. The number of benzene rings is 2. The number of nitrogens with one attached hydrogen (secondary N) is 2. The predicted octanol–water partition coefficient (Wildman–Crippen LogP) is 3.12. The highest BCUT2D eigenvalue weighted by Crippen LogP contribution is 2.29. The Morgan fingerprint density at radius 1 is 1.21 bits per heavy atom. The van der Waals surface area contributed by atoms with Crippen LogP contribution in [0.4, 0.5) is 0 Å². The van der Waals surface area contributed by atoms with E-state index in [1.165, 1.54) is 12.0 Å². The van der Waals surface area contributed by atoms with Crippen LogP contribution in [-0.2, 0) is 13.1 Å². The fraction of sp³-hybridized carbons (Fsp3) is 0.435. The molecule has 1 aliphatic heterocycles. The van der Waals surface area contributed by atoms with E-state index in [9.17, 15) is 5.11 Å². The molecule has 29 heavy (non-hydrogen) atoms. The Balaban J connectivity index is 1.61. The number of hydrogen-bond donors (Lipinski definition) is 3. The Kier molecular flexibility index (Phi) is 7.76. The number of para-hydroxylation sites is 1. The Labute approximate surface area is 173 Å². The second-order valence-corrected chi connectivity index (χ2v) is 7.37. The van der Waals surface area contributed by atoms with Crippen LogP contribution in [0.2, 0.25) is 0 Å². The summed E-state index contributed by atoms with van der Waals surface area (Å²) in [4.78, 5) is 7.18. The zero-order valence-electron chi connectivity index (χ0n) is 17.4. The van der Waals surface area contributed by atoms with Gasteiger partial charge in [0.25, 0.3) is 0 Å². The van der Waals surface area contributed by atoms with Crippen molar-refractivity contribution >= 4 is 5.96 Å². The van der Waals surface area contributed by atoms with Gasteiger partial charge in [0, 0.05) is 31.2 Å². The van der Waals surface area contributed by atoms with Gasteiger partial charge in [-0.25, -0.2) is 4.99 Å². The molecule has 0 saturated carbocycles. The molecular formula is C23H32N4O2. The Hall–Kier alpha value is -2.73. The number of piperidine rings is 1. The van der Waals surface area contributed by atoms with Gasteiger partial charge >= 0.3 is 0 Å². The minimum Gasteiger partial charge on any atom is -0.504 e. The molecule has 1 unspecified atom stereocenters. The molecule has 2 aromatic carbocycles. The summed E-state index contributed by atoms with van der Waals surface area (Å²) in [6, 6.07) is 16.5. The molecule has 1 fully saturated rings. The Bertz CT molecular complexity index is 795. The summed E-state index contributed by atoms with van der Waals surface area (Å²) in [5, 5.41) is 17.2. The summed E-state index contributed by atoms with van der Waals surface area (Å²) in [6.07, 6.45) is 2.29. The highest BCUT2D eigenvalue weighted by molar-refractivity contribution is 5.80. The molecule has 1 atom stereocenters. The Morgan fingerprint density at radius 2 is 2.03 bits per heavy atom. The molecule has 2 aromatic rings. The summed E-state index contributed by atoms with van der Waals surface area (Å²) in [5.74, 6) is 1.40. The first-order valence-corrected chi connectivity index (χ1v) is 10.4. The maximum Gasteiger partial charge on any atom is 0.191 e. The predicted molar refractivity (Wildman–Crippen MR) is 117 cm³/mol. The smallest absolute Gasteiger partial charge is 0.191 e. The third kappa shape index (κ3) is 6.12. The third-order valence-electron chi connectivity index (χ3n) is 5.15. The van der Waals surface area contributed by atoms with Crippen LogP contribution < -0.4 is 15.4 Å². The van der Waals surface area contributed by atoms with E-state index in [0.717, 1.165) is 44.1 Å². The second-order valence-electron chi connectivity index (χ2n) is 7.37. The monoisotopic (exact) mass is 396 g/mol. The van der Waals surface area contributed by atoms with Gasteiger partial charge in [0.2, 0.25) is 0 Å². The van der Waals surface area contributed by atoms with Crippen LogP contribution in [0.1, 0.15) is 30.9 Å². The van der Waals surface area contributed by atoms with E-state index >= 15 is 0 Å². The lowest BCUT2D eigenvalue weighted by molar-refractivity contribution is 0.192. The number of rotatable bonds is 7. The average molecular weight is 397 g/mol. The quantitative estimate of drug-likeness (QED) is 0.496. The minimum absolute atomic E-state index is 0.154. The molecule has 6 nitrogen and oxygen atoms in total. The van der Waals surface area contributed by atoms with Crippen molar-refractivity contribution in [1.82, 2.24) is 15.5 Å². The van der Waals surface area contributed by atoms with E-state index in [0.29, 0.717) is 18.3 Å². The van der Waals surface area contributed by atoms with Crippen LogP contribution in [0.15, 0.2) is 53.5 Å². The van der Waals surface area contributed by atoms with Crippen molar-refractivity contribution < 1.29 is 9.84 Å². The molecule has 0 bridgehead atoms. The van der Waals surface area contributed by atoms with Gasteiger partial charge in [0.05, 0.1) is 13.7 Å². The zero-order valence-corrected chi connectivity index (χ0v) is 17.4. The summed E-state index contributed by atoms with van der Waals surface area (Å²) >= 11 is 0. The summed E-state index contributed by atoms with van der Waals surface area (Å²) in [5.41, 5.74) is 2.10. The molecule has 0 aromatic heterocycles. The highest BCUT2D eigenvalue weighted by Gasteiger charge is 2.20. The molecule has 1 heterocycles. The number of nitrogens with zero attached hydrogens (tertiary/aromatic N) is 2. The molecule has 156 valence electrons. The molecule has 3 N–H and O–H groups in total. The van der Waals surface area contributed by atoms with E-state index in [1.807, 2.05) is 12.1 Å². The molecule has 0 spiro atoms. The van der Waals surface area contributed by atoms with Crippen LogP contribution >= 0.6 is 0 Å². The summed E-state index contributed by atoms with van der Waals surface area (Å²) in [6.45, 7) is 6.32. The maximum atomic E-state index is 10.3. The van der Waals surface area contributed by atoms with Gasteiger partial charge in [-0.1, -0.05) is 42.5 Å². The number of aromatic hydroxyl groups is 1. The number of phenolic OH excluding ortho intramolecular Hbond substituents is 1. The number of ether oxygens (including phenoxy) is 1. The second kappa shape index (κ2) is 10.7. The van der Waals surface area contributed by atoms with Gasteiger partial charge in [-0.2, -0.15) is 0 Å². The maximum absolute atomic E-state index is 10.3. The SMILES string of the molecule is CCNC(=NCc1cccc(OC)c1O)NC1CCCN(Cc2ccccc2)C1. The van der Waals surface area contributed by atoms with Crippen molar-refractivity contribution in [3.8, 4) is 11.5 Å². The van der Waals surface area contributed by atoms with E-state index in [2.05, 4.69) is 57.8 Å². The first-order chi connectivity index (χ1) is 14.2. The molecular weight excluding hydrogens is 364 g/mol. The normalized spacial score (nSPS) is 17.7. The van der Waals surface area contributed by atoms with Crippen molar-refractivity contribution in [3.05, 3.63) is 59.7 Å². The number of guanidine groups is 1. The number of phenols is 1. The van der Waals surface area contributed by atoms with Gasteiger partial charge < -0.3 is 20.5 Å². The molecule has 0 aliphatic carbocycles. The van der Waals surface area contributed by atoms with E-state index in [4.69, 9.17) is 4.74 Å². The standard InChI is InChI=1S/C23H32N4O2/c1-3-24-23(25-15-19-11-7-13-21(29-2)22(19)28)26-20-12-8-14-27(17-20)16-18-9-5-4-6-10-18/h4-7,9-11,13,20,28H,3,8,12,14-17H2,1-2H3,(H2,24,25,26). The minimum atomic E-state index is 0.154. The number of likely N-dealkylation sites (tertiary alicyclic amines) is 1. The molecule has 1 saturated heterocycles. The lowest BCUT2D eigenvalue weighted by Crippen LogP contribution is -2.50. The number of methoxy groups -OCH3 is 1. The van der Waals surface area contributed by atoms with Crippen LogP contribution in [0.25, 0.3) is 0 Å². The molecule has 0 radical (unpaired) electrons. The van der Waals surface area contributed by atoms with Crippen molar-refractivity contribution in [3.63, 3.8) is 0 Å². The van der Waals surface area contributed by atoms with Crippen molar-refractivity contribution in [2.24, 2.45) is 4.99 Å². The van der Waals surface area contributed by atoms with Crippen molar-refractivity contribution in [2.45, 2.75) is 38.9 Å². The van der Waals surface area contributed by atoms with Crippen LogP contribution in [0.5, 0.6) is 11.5 Å². The van der Waals surface area contributed by atoms with Crippen LogP contribution in [0.3, 0.4) is 0 Å². The fourth-order valence-electron chi connectivity index (χ4n) is 3.70. The first-order valence-electron chi connectivity index (χ1n) is 10.4. The van der Waals surface area contributed by atoms with Crippen molar-refractivity contribution in [2.75, 3.05) is 26.7 Å². The lowest BCUT2D eigenvalue weighted by Gasteiger charge is -2.34. The van der Waals surface area contributed by atoms with E-state index < -0.39 is 0 Å². The van der Waals surface area contributed by atoms with Gasteiger partial charge in [-0.3, -0.25) is 4.90 Å². The van der Waals surface area contributed by atoms with Gasteiger partial charge in [-0.15, -0.1) is 0 Å². The topological polar surface area (TPSA) is 69.1 Å². The average Bonchev–Trinajstić information content (AvgIpc) is 2.74. The zero-order chi connectivity index (χ0) is 20.5. The number of aliphatic imine (C=N–C) groups is 1. The summed E-state index contributed by atoms with van der Waals surface area (Å²) in [7, 11) is 1.55. The summed E-state index contributed by atoms with van der Waals surface area (Å²) < 4.78 is 5.19. The molecule has 6 heteroatoms. The van der Waals surface area contributed by atoms with E-state index in [-0.39, 0.29) is 5.75 Å². The van der Waals surface area contributed by atoms with Crippen LogP contribution in [-0.4, -0.2) is 48.8 Å². The molecule has 1 aliphatic rings. The largest absolute Gasteiger partial charge is 0.504 e.